The fraction of sp³-hybridized carbons (Fsp3) is 0. The van der Waals surface area contributed by atoms with Crippen molar-refractivity contribution < 1.29 is 9.46 Å². The molecular weight excluding hydrogens is 207 g/mol. The highest BCUT2D eigenvalue weighted by atomic mass is 31.1. The van der Waals surface area contributed by atoms with Gasteiger partial charge in [0.05, 0.1) is 0 Å². The van der Waals surface area contributed by atoms with Crippen LogP contribution in [0.4, 0.5) is 0 Å². The third kappa shape index (κ3) is 2.30. The Hall–Kier alpha value is -1.50. The highest BCUT2D eigenvalue weighted by Crippen LogP contribution is 2.20. The maximum atomic E-state index is 10.8. The third-order valence-electron chi connectivity index (χ3n) is 2.20. The van der Waals surface area contributed by atoms with E-state index >= 15 is 0 Å². The van der Waals surface area contributed by atoms with E-state index in [9.17, 15) is 4.57 Å². The minimum Gasteiger partial charge on any atom is -0.156 e. The van der Waals surface area contributed by atoms with Crippen LogP contribution < -0.4 is 5.30 Å². The van der Waals surface area contributed by atoms with Crippen LogP contribution in [-0.4, -0.2) is 4.89 Å². The van der Waals surface area contributed by atoms with Crippen molar-refractivity contribution in [3.63, 3.8) is 0 Å². The molecule has 0 spiro atoms. The first-order chi connectivity index (χ1) is 7.27. The molecule has 0 aliphatic carbocycles. The quantitative estimate of drug-likeness (QED) is 0.785. The Balaban J connectivity index is 2.36. The van der Waals surface area contributed by atoms with Crippen LogP contribution in [-0.2, 0) is 4.57 Å². The molecule has 0 amide bonds. The van der Waals surface area contributed by atoms with E-state index in [1.807, 2.05) is 42.5 Å². The van der Waals surface area contributed by atoms with Gasteiger partial charge in [-0.25, -0.2) is 0 Å². The molecule has 0 aliphatic rings. The average Bonchev–Trinajstić information content (AvgIpc) is 2.30. The molecule has 2 rings (SSSR count). The van der Waals surface area contributed by atoms with Gasteiger partial charge in [-0.1, -0.05) is 30.3 Å². The summed E-state index contributed by atoms with van der Waals surface area (Å²) in [7, 11) is -2.23. The van der Waals surface area contributed by atoms with Crippen LogP contribution in [0.1, 0.15) is 0 Å². The summed E-state index contributed by atoms with van der Waals surface area (Å²) in [5.41, 5.74) is 2.16. The molecular formula is C12H10O2P+. The number of benzene rings is 2. The molecule has 0 radical (unpaired) electrons. The van der Waals surface area contributed by atoms with E-state index in [0.29, 0.717) is 5.30 Å². The summed E-state index contributed by atoms with van der Waals surface area (Å²) in [5.74, 6) is 0. The van der Waals surface area contributed by atoms with E-state index in [1.54, 1.807) is 12.1 Å². The molecule has 0 heterocycles. The normalized spacial score (nSPS) is 11.1. The van der Waals surface area contributed by atoms with Gasteiger partial charge >= 0.3 is 8.03 Å². The van der Waals surface area contributed by atoms with Gasteiger partial charge in [0.15, 0.2) is 0 Å². The largest absolute Gasteiger partial charge is 0.546 e. The van der Waals surface area contributed by atoms with E-state index in [1.165, 1.54) is 0 Å². The zero-order chi connectivity index (χ0) is 10.7. The van der Waals surface area contributed by atoms with Gasteiger partial charge in [0, 0.05) is 0 Å². The van der Waals surface area contributed by atoms with Gasteiger partial charge in [-0.15, -0.1) is 0 Å². The van der Waals surface area contributed by atoms with Crippen molar-refractivity contribution in [2.75, 3.05) is 0 Å². The van der Waals surface area contributed by atoms with Crippen LogP contribution in [0.25, 0.3) is 11.1 Å². The van der Waals surface area contributed by atoms with Gasteiger partial charge in [-0.3, -0.25) is 0 Å². The minimum absolute atomic E-state index is 0.463. The smallest absolute Gasteiger partial charge is 0.156 e. The van der Waals surface area contributed by atoms with Gasteiger partial charge in [-0.2, -0.15) is 4.89 Å². The van der Waals surface area contributed by atoms with E-state index in [0.717, 1.165) is 11.1 Å². The van der Waals surface area contributed by atoms with Crippen molar-refractivity contribution in [1.29, 1.82) is 0 Å². The second kappa shape index (κ2) is 4.35. The summed E-state index contributed by atoms with van der Waals surface area (Å²) in [5, 5.41) is 0.463. The molecule has 2 nitrogen and oxygen atoms in total. The van der Waals surface area contributed by atoms with Crippen LogP contribution >= 0.6 is 8.03 Å². The van der Waals surface area contributed by atoms with Gasteiger partial charge in [0.1, 0.15) is 0 Å². The molecule has 1 atom stereocenters. The summed E-state index contributed by atoms with van der Waals surface area (Å²) in [4.78, 5) is 8.89. The summed E-state index contributed by atoms with van der Waals surface area (Å²) in [6.45, 7) is 0. The highest BCUT2D eigenvalue weighted by Gasteiger charge is 2.14. The van der Waals surface area contributed by atoms with Gasteiger partial charge in [0.2, 0.25) is 5.30 Å². The number of hydrogen-bond donors (Lipinski definition) is 1. The maximum absolute atomic E-state index is 10.8. The molecule has 2 aromatic carbocycles. The zero-order valence-electron chi connectivity index (χ0n) is 8.00. The van der Waals surface area contributed by atoms with Crippen LogP contribution in [0, 0.1) is 0 Å². The van der Waals surface area contributed by atoms with Crippen LogP contribution in [0.15, 0.2) is 54.6 Å². The Bertz CT molecular complexity index is 463. The number of rotatable bonds is 2. The van der Waals surface area contributed by atoms with Crippen molar-refractivity contribution in [2.45, 2.75) is 0 Å². The SMILES string of the molecule is O=[P+](O)c1ccc(-c2ccccc2)cc1. The lowest BCUT2D eigenvalue weighted by molar-refractivity contribution is 0.513. The second-order valence-corrected chi connectivity index (χ2v) is 4.25. The predicted octanol–water partition coefficient (Wildman–Crippen LogP) is 2.71. The molecule has 3 heteroatoms. The van der Waals surface area contributed by atoms with Crippen LogP contribution in [0.3, 0.4) is 0 Å². The van der Waals surface area contributed by atoms with Crippen molar-refractivity contribution in [1.82, 2.24) is 0 Å². The third-order valence-corrected chi connectivity index (χ3v) is 2.94. The molecule has 15 heavy (non-hydrogen) atoms. The van der Waals surface area contributed by atoms with Gasteiger partial charge < -0.3 is 0 Å². The molecule has 74 valence electrons. The van der Waals surface area contributed by atoms with Crippen molar-refractivity contribution >= 4 is 13.3 Å². The highest BCUT2D eigenvalue weighted by molar-refractivity contribution is 7.47. The molecule has 0 aromatic heterocycles. The van der Waals surface area contributed by atoms with Crippen LogP contribution in [0.2, 0.25) is 0 Å². The first kappa shape index (κ1) is 10.0. The average molecular weight is 217 g/mol. The fourth-order valence-corrected chi connectivity index (χ4v) is 1.82. The molecule has 1 unspecified atom stereocenters. The van der Waals surface area contributed by atoms with E-state index in [2.05, 4.69) is 0 Å². The Morgan fingerprint density at radius 2 is 1.33 bits per heavy atom. The molecule has 1 N–H and O–H groups in total. The zero-order valence-corrected chi connectivity index (χ0v) is 8.89. The molecule has 0 saturated carbocycles. The van der Waals surface area contributed by atoms with Gasteiger partial charge in [0.25, 0.3) is 0 Å². The lowest BCUT2D eigenvalue weighted by Gasteiger charge is -1.99. The lowest BCUT2D eigenvalue weighted by atomic mass is 10.1. The van der Waals surface area contributed by atoms with Crippen LogP contribution in [0.5, 0.6) is 0 Å². The predicted molar refractivity (Wildman–Crippen MR) is 61.3 cm³/mol. The summed E-state index contributed by atoms with van der Waals surface area (Å²) >= 11 is 0. The first-order valence-electron chi connectivity index (χ1n) is 4.59. The van der Waals surface area contributed by atoms with Crippen molar-refractivity contribution in [3.05, 3.63) is 54.6 Å². The summed E-state index contributed by atoms with van der Waals surface area (Å²) < 4.78 is 10.8. The molecule has 0 bridgehead atoms. The lowest BCUT2D eigenvalue weighted by Crippen LogP contribution is -1.93. The van der Waals surface area contributed by atoms with E-state index in [-0.39, 0.29) is 0 Å². The standard InChI is InChI=1S/C12H9O2P/c13-15(14)12-8-6-11(7-9-12)10-4-2-1-3-5-10/h1-9H/p+1. The van der Waals surface area contributed by atoms with Crippen molar-refractivity contribution in [3.8, 4) is 11.1 Å². The molecule has 0 fully saturated rings. The molecule has 0 saturated heterocycles. The Morgan fingerprint density at radius 1 is 0.800 bits per heavy atom. The monoisotopic (exact) mass is 217 g/mol. The first-order valence-corrected chi connectivity index (χ1v) is 5.80. The molecule has 2 aromatic rings. The Labute approximate surface area is 89.1 Å². The van der Waals surface area contributed by atoms with E-state index in [4.69, 9.17) is 4.89 Å². The fourth-order valence-electron chi connectivity index (χ4n) is 1.41. The van der Waals surface area contributed by atoms with E-state index < -0.39 is 8.03 Å². The summed E-state index contributed by atoms with van der Waals surface area (Å²) in [6, 6.07) is 17.0. The van der Waals surface area contributed by atoms with Gasteiger partial charge in [-0.05, 0) is 40.0 Å². The molecule has 0 aliphatic heterocycles. The Kier molecular flexibility index (Phi) is 2.91. The number of hydrogen-bond acceptors (Lipinski definition) is 1. The Morgan fingerprint density at radius 3 is 1.87 bits per heavy atom. The maximum Gasteiger partial charge on any atom is 0.546 e. The topological polar surface area (TPSA) is 37.3 Å². The summed E-state index contributed by atoms with van der Waals surface area (Å²) in [6.07, 6.45) is 0. The second-order valence-electron chi connectivity index (χ2n) is 3.19. The van der Waals surface area contributed by atoms with Crippen molar-refractivity contribution in [2.24, 2.45) is 0 Å². The minimum atomic E-state index is -2.23.